The summed E-state index contributed by atoms with van der Waals surface area (Å²) in [7, 11) is 0. The van der Waals surface area contributed by atoms with E-state index in [1.807, 2.05) is 13.8 Å². The molecule has 2 rings (SSSR count). The minimum absolute atomic E-state index is 0.0364. The molecule has 114 valence electrons. The predicted octanol–water partition coefficient (Wildman–Crippen LogP) is 3.69. The Bertz CT molecular complexity index is 631. The molecule has 7 heteroatoms. The van der Waals surface area contributed by atoms with Gasteiger partial charge in [-0.2, -0.15) is 13.2 Å². The molecule has 1 aromatic heterocycles. The minimum Gasteiger partial charge on any atom is -0.322 e. The first-order valence-electron chi connectivity index (χ1n) is 6.36. The van der Waals surface area contributed by atoms with E-state index in [-0.39, 0.29) is 11.6 Å². The molecule has 1 aromatic carbocycles. The van der Waals surface area contributed by atoms with Gasteiger partial charge in [0.15, 0.2) is 0 Å². The standard InChI is InChI=1S/C14H15F4N3/c1-8(2)13(19)12-6-20-7-21(12)11-5-9(14(16,17)18)3-4-10(11)15/h3-8,13H,19H2,1-2H3. The maximum Gasteiger partial charge on any atom is 0.416 e. The Kier molecular flexibility index (Phi) is 4.04. The van der Waals surface area contributed by atoms with Crippen LogP contribution in [0.25, 0.3) is 5.69 Å². The van der Waals surface area contributed by atoms with Crippen molar-refractivity contribution >= 4 is 0 Å². The number of halogens is 4. The second kappa shape index (κ2) is 5.48. The lowest BCUT2D eigenvalue weighted by molar-refractivity contribution is -0.137. The van der Waals surface area contributed by atoms with Gasteiger partial charge in [-0.3, -0.25) is 4.57 Å². The number of nitrogens with zero attached hydrogens (tertiary/aromatic N) is 2. The Morgan fingerprint density at radius 3 is 2.48 bits per heavy atom. The third-order valence-electron chi connectivity index (χ3n) is 3.26. The molecule has 3 nitrogen and oxygen atoms in total. The lowest BCUT2D eigenvalue weighted by Gasteiger charge is -2.19. The van der Waals surface area contributed by atoms with Gasteiger partial charge in [-0.15, -0.1) is 0 Å². The molecule has 1 unspecified atom stereocenters. The van der Waals surface area contributed by atoms with Gasteiger partial charge in [-0.05, 0) is 24.1 Å². The lowest BCUT2D eigenvalue weighted by Crippen LogP contribution is -2.20. The van der Waals surface area contributed by atoms with Gasteiger partial charge in [-0.1, -0.05) is 13.8 Å². The fraction of sp³-hybridized carbons (Fsp3) is 0.357. The molecule has 0 bridgehead atoms. The fourth-order valence-corrected chi connectivity index (χ4v) is 1.97. The molecule has 1 heterocycles. The monoisotopic (exact) mass is 301 g/mol. The van der Waals surface area contributed by atoms with E-state index in [1.54, 1.807) is 0 Å². The molecule has 0 radical (unpaired) electrons. The zero-order valence-electron chi connectivity index (χ0n) is 11.5. The number of rotatable bonds is 3. The van der Waals surface area contributed by atoms with Crippen LogP contribution in [0.2, 0.25) is 0 Å². The summed E-state index contributed by atoms with van der Waals surface area (Å²) in [4.78, 5) is 3.87. The van der Waals surface area contributed by atoms with Gasteiger partial charge in [-0.25, -0.2) is 9.37 Å². The van der Waals surface area contributed by atoms with Crippen molar-refractivity contribution in [1.29, 1.82) is 0 Å². The fourth-order valence-electron chi connectivity index (χ4n) is 1.97. The summed E-state index contributed by atoms with van der Waals surface area (Å²) < 4.78 is 53.4. The molecule has 2 N–H and O–H groups in total. The summed E-state index contributed by atoms with van der Waals surface area (Å²) in [6.45, 7) is 3.73. The Hall–Kier alpha value is -1.89. The number of hydrogen-bond acceptors (Lipinski definition) is 2. The molecule has 21 heavy (non-hydrogen) atoms. The molecule has 0 fully saturated rings. The quantitative estimate of drug-likeness (QED) is 0.879. The Labute approximate surface area is 119 Å². The maximum atomic E-state index is 13.9. The third-order valence-corrected chi connectivity index (χ3v) is 3.26. The van der Waals surface area contributed by atoms with Gasteiger partial charge in [0.2, 0.25) is 0 Å². The van der Waals surface area contributed by atoms with Crippen LogP contribution in [0.1, 0.15) is 31.1 Å². The summed E-state index contributed by atoms with van der Waals surface area (Å²) in [6.07, 6.45) is -1.84. The van der Waals surface area contributed by atoms with Crippen LogP contribution >= 0.6 is 0 Å². The highest BCUT2D eigenvalue weighted by Gasteiger charge is 2.31. The highest BCUT2D eigenvalue weighted by Crippen LogP contribution is 2.32. The van der Waals surface area contributed by atoms with E-state index in [0.29, 0.717) is 11.8 Å². The summed E-state index contributed by atoms with van der Waals surface area (Å²) >= 11 is 0. The van der Waals surface area contributed by atoms with E-state index in [1.165, 1.54) is 17.1 Å². The number of benzene rings is 1. The molecule has 2 aromatic rings. The molecule has 0 aliphatic rings. The molecule has 0 aliphatic heterocycles. The second-order valence-corrected chi connectivity index (χ2v) is 5.12. The zero-order valence-corrected chi connectivity index (χ0v) is 11.5. The molecular weight excluding hydrogens is 286 g/mol. The first-order valence-corrected chi connectivity index (χ1v) is 6.36. The van der Waals surface area contributed by atoms with Gasteiger partial charge in [0.05, 0.1) is 29.5 Å². The first kappa shape index (κ1) is 15.5. The van der Waals surface area contributed by atoms with Crippen LogP contribution in [-0.4, -0.2) is 9.55 Å². The van der Waals surface area contributed by atoms with Gasteiger partial charge >= 0.3 is 6.18 Å². The highest BCUT2D eigenvalue weighted by molar-refractivity contribution is 5.40. The van der Waals surface area contributed by atoms with Gasteiger partial charge in [0.1, 0.15) is 5.82 Å². The smallest absolute Gasteiger partial charge is 0.322 e. The van der Waals surface area contributed by atoms with Gasteiger partial charge in [0.25, 0.3) is 0 Å². The summed E-state index contributed by atoms with van der Waals surface area (Å²) in [5, 5.41) is 0. The summed E-state index contributed by atoms with van der Waals surface area (Å²) in [6, 6.07) is 1.80. The second-order valence-electron chi connectivity index (χ2n) is 5.12. The Balaban J connectivity index is 2.55. The first-order chi connectivity index (χ1) is 9.71. The van der Waals surface area contributed by atoms with E-state index >= 15 is 0 Å². The molecule has 0 spiro atoms. The van der Waals surface area contributed by atoms with Gasteiger partial charge in [0, 0.05) is 6.04 Å². The van der Waals surface area contributed by atoms with Crippen LogP contribution in [0.5, 0.6) is 0 Å². The average Bonchev–Trinajstić information content (AvgIpc) is 2.85. The topological polar surface area (TPSA) is 43.8 Å². The number of alkyl halides is 3. The van der Waals surface area contributed by atoms with E-state index in [4.69, 9.17) is 5.73 Å². The van der Waals surface area contributed by atoms with Gasteiger partial charge < -0.3 is 5.73 Å². The van der Waals surface area contributed by atoms with Crippen LogP contribution in [0.4, 0.5) is 17.6 Å². The normalized spacial score (nSPS) is 13.7. The van der Waals surface area contributed by atoms with Crippen LogP contribution < -0.4 is 5.73 Å². The highest BCUT2D eigenvalue weighted by atomic mass is 19.4. The molecule has 0 saturated carbocycles. The van der Waals surface area contributed by atoms with Crippen LogP contribution in [0.15, 0.2) is 30.7 Å². The van der Waals surface area contributed by atoms with Crippen molar-refractivity contribution < 1.29 is 17.6 Å². The SMILES string of the molecule is CC(C)C(N)c1cncn1-c1cc(C(F)(F)F)ccc1F. The third kappa shape index (κ3) is 3.07. The number of nitrogens with two attached hydrogens (primary N) is 1. The molecular formula is C14H15F4N3. The summed E-state index contributed by atoms with van der Waals surface area (Å²) in [5.41, 5.74) is 5.32. The van der Waals surface area contributed by atoms with Crippen molar-refractivity contribution in [2.24, 2.45) is 11.7 Å². The number of aromatic nitrogens is 2. The van der Waals surface area contributed by atoms with E-state index in [2.05, 4.69) is 4.98 Å². The van der Waals surface area contributed by atoms with E-state index in [0.717, 1.165) is 12.1 Å². The zero-order chi connectivity index (χ0) is 15.8. The number of imidazole rings is 1. The average molecular weight is 301 g/mol. The van der Waals surface area contributed by atoms with Crippen LogP contribution in [0.3, 0.4) is 0 Å². The van der Waals surface area contributed by atoms with E-state index in [9.17, 15) is 17.6 Å². The maximum absolute atomic E-state index is 13.9. The summed E-state index contributed by atoms with van der Waals surface area (Å²) in [5.74, 6) is -0.729. The van der Waals surface area contributed by atoms with Crippen molar-refractivity contribution in [3.8, 4) is 5.69 Å². The Morgan fingerprint density at radius 2 is 1.90 bits per heavy atom. The number of hydrogen-bond donors (Lipinski definition) is 1. The van der Waals surface area contributed by atoms with Crippen LogP contribution in [-0.2, 0) is 6.18 Å². The largest absolute Gasteiger partial charge is 0.416 e. The van der Waals surface area contributed by atoms with Crippen molar-refractivity contribution in [2.45, 2.75) is 26.1 Å². The molecule has 0 saturated heterocycles. The predicted molar refractivity (Wildman–Crippen MR) is 70.3 cm³/mol. The van der Waals surface area contributed by atoms with E-state index < -0.39 is 23.6 Å². The molecule has 0 amide bonds. The van der Waals surface area contributed by atoms with Crippen molar-refractivity contribution in [3.63, 3.8) is 0 Å². The van der Waals surface area contributed by atoms with Crippen molar-refractivity contribution in [1.82, 2.24) is 9.55 Å². The Morgan fingerprint density at radius 1 is 1.24 bits per heavy atom. The van der Waals surface area contributed by atoms with Crippen molar-refractivity contribution in [3.05, 3.63) is 47.8 Å². The molecule has 1 atom stereocenters. The van der Waals surface area contributed by atoms with Crippen LogP contribution in [0, 0.1) is 11.7 Å². The lowest BCUT2D eigenvalue weighted by atomic mass is 10.0. The molecule has 0 aliphatic carbocycles. The van der Waals surface area contributed by atoms with Crippen molar-refractivity contribution in [2.75, 3.05) is 0 Å². The minimum atomic E-state index is -4.54.